The number of carbonyl (C=O) groups excluding carboxylic acids is 1. The molecule has 1 N–H and O–H groups in total. The van der Waals surface area contributed by atoms with E-state index in [2.05, 4.69) is 4.90 Å². The van der Waals surface area contributed by atoms with Crippen molar-refractivity contribution >= 4 is 11.9 Å². The molecule has 0 bridgehead atoms. The molecule has 0 spiro atoms. The number of piperazine rings is 1. The van der Waals surface area contributed by atoms with E-state index in [9.17, 15) is 9.59 Å². The number of carboxylic acid groups (broad SMARTS) is 1. The lowest BCUT2D eigenvalue weighted by Gasteiger charge is -2.34. The molecule has 1 aromatic rings. The number of hydrogen-bond donors (Lipinski definition) is 1. The number of nitrogens with zero attached hydrogens (tertiary/aromatic N) is 2. The van der Waals surface area contributed by atoms with Gasteiger partial charge in [0.25, 0.3) is 5.91 Å². The highest BCUT2D eigenvalue weighted by molar-refractivity contribution is 5.95. The smallest absolute Gasteiger partial charge is 0.304 e. The van der Waals surface area contributed by atoms with Crippen LogP contribution in [-0.4, -0.2) is 59.5 Å². The zero-order valence-corrected chi connectivity index (χ0v) is 12.6. The average molecular weight is 290 g/mol. The van der Waals surface area contributed by atoms with Gasteiger partial charge in [0.05, 0.1) is 6.42 Å². The molecule has 0 unspecified atom stereocenters. The first-order valence-electron chi connectivity index (χ1n) is 7.28. The molecule has 0 aliphatic carbocycles. The highest BCUT2D eigenvalue weighted by Gasteiger charge is 2.23. The number of hydrogen-bond acceptors (Lipinski definition) is 3. The first kappa shape index (κ1) is 15.5. The number of carbonyl (C=O) groups is 2. The number of carboxylic acids is 1. The molecule has 1 fully saturated rings. The standard InChI is InChI=1S/C16H22N2O3/c1-12-3-4-14(13(2)11-12)16(21)18-9-7-17(8-10-18)6-5-15(19)20/h3-4,11H,5-10H2,1-2H3,(H,19,20). The molecule has 0 radical (unpaired) electrons. The van der Waals surface area contributed by atoms with Crippen LogP contribution in [0.5, 0.6) is 0 Å². The van der Waals surface area contributed by atoms with Crippen molar-refractivity contribution in [1.82, 2.24) is 9.80 Å². The lowest BCUT2D eigenvalue weighted by atomic mass is 10.0. The Morgan fingerprint density at radius 3 is 2.38 bits per heavy atom. The quantitative estimate of drug-likeness (QED) is 0.913. The van der Waals surface area contributed by atoms with E-state index in [1.165, 1.54) is 0 Å². The van der Waals surface area contributed by atoms with Crippen molar-refractivity contribution in [3.05, 3.63) is 34.9 Å². The molecule has 0 aromatic heterocycles. The number of aryl methyl sites for hydroxylation is 2. The average Bonchev–Trinajstić information content (AvgIpc) is 2.45. The molecule has 1 aliphatic heterocycles. The number of aliphatic carboxylic acids is 1. The third-order valence-electron chi connectivity index (χ3n) is 3.91. The van der Waals surface area contributed by atoms with Gasteiger partial charge in [-0.1, -0.05) is 17.7 Å². The van der Waals surface area contributed by atoms with Gasteiger partial charge in [-0.15, -0.1) is 0 Å². The van der Waals surface area contributed by atoms with Gasteiger partial charge in [-0.25, -0.2) is 0 Å². The summed E-state index contributed by atoms with van der Waals surface area (Å²) in [5.41, 5.74) is 2.93. The van der Waals surface area contributed by atoms with E-state index >= 15 is 0 Å². The molecule has 0 atom stereocenters. The van der Waals surface area contributed by atoms with E-state index < -0.39 is 5.97 Å². The minimum Gasteiger partial charge on any atom is -0.481 e. The summed E-state index contributed by atoms with van der Waals surface area (Å²) in [4.78, 5) is 27.0. The van der Waals surface area contributed by atoms with Gasteiger partial charge in [-0.3, -0.25) is 14.5 Å². The van der Waals surface area contributed by atoms with Crippen LogP contribution in [0.25, 0.3) is 0 Å². The topological polar surface area (TPSA) is 60.9 Å². The molecular weight excluding hydrogens is 268 g/mol. The van der Waals surface area contributed by atoms with Gasteiger partial charge in [0.15, 0.2) is 0 Å². The Labute approximate surface area is 125 Å². The summed E-state index contributed by atoms with van der Waals surface area (Å²) in [5.74, 6) is -0.700. The summed E-state index contributed by atoms with van der Waals surface area (Å²) in [6, 6.07) is 5.88. The van der Waals surface area contributed by atoms with Gasteiger partial charge in [0, 0.05) is 38.3 Å². The molecule has 5 heteroatoms. The maximum absolute atomic E-state index is 12.5. The monoisotopic (exact) mass is 290 g/mol. The first-order valence-corrected chi connectivity index (χ1v) is 7.28. The molecule has 1 heterocycles. The number of amides is 1. The second-order valence-electron chi connectivity index (χ2n) is 5.60. The van der Waals surface area contributed by atoms with Crippen LogP contribution in [0.3, 0.4) is 0 Å². The van der Waals surface area contributed by atoms with Gasteiger partial charge in [-0.2, -0.15) is 0 Å². The Hall–Kier alpha value is -1.88. The van der Waals surface area contributed by atoms with E-state index in [0.29, 0.717) is 19.6 Å². The molecule has 1 amide bonds. The van der Waals surface area contributed by atoms with Crippen molar-refractivity contribution in [1.29, 1.82) is 0 Å². The summed E-state index contributed by atoms with van der Waals surface area (Å²) >= 11 is 0. The predicted octanol–water partition coefficient (Wildman–Crippen LogP) is 1.54. The molecule has 2 rings (SSSR count). The molecule has 21 heavy (non-hydrogen) atoms. The summed E-state index contributed by atoms with van der Waals surface area (Å²) in [6.45, 7) is 7.33. The van der Waals surface area contributed by atoms with E-state index in [0.717, 1.165) is 29.8 Å². The maximum Gasteiger partial charge on any atom is 0.304 e. The van der Waals surface area contributed by atoms with Crippen molar-refractivity contribution in [2.24, 2.45) is 0 Å². The molecule has 1 saturated heterocycles. The van der Waals surface area contributed by atoms with Gasteiger partial charge in [0.1, 0.15) is 0 Å². The van der Waals surface area contributed by atoms with Crippen molar-refractivity contribution < 1.29 is 14.7 Å². The highest BCUT2D eigenvalue weighted by atomic mass is 16.4. The van der Waals surface area contributed by atoms with E-state index in [1.54, 1.807) is 0 Å². The third kappa shape index (κ3) is 4.04. The third-order valence-corrected chi connectivity index (χ3v) is 3.91. The molecule has 5 nitrogen and oxygen atoms in total. The van der Waals surface area contributed by atoms with E-state index in [1.807, 2.05) is 36.9 Å². The summed E-state index contributed by atoms with van der Waals surface area (Å²) in [7, 11) is 0. The minimum atomic E-state index is -0.774. The van der Waals surface area contributed by atoms with Crippen LogP contribution in [0.1, 0.15) is 27.9 Å². The van der Waals surface area contributed by atoms with Crippen molar-refractivity contribution in [3.8, 4) is 0 Å². The van der Waals surface area contributed by atoms with Gasteiger partial charge in [0.2, 0.25) is 0 Å². The van der Waals surface area contributed by atoms with Crippen molar-refractivity contribution in [3.63, 3.8) is 0 Å². The number of rotatable bonds is 4. The largest absolute Gasteiger partial charge is 0.481 e. The normalized spacial score (nSPS) is 16.0. The summed E-state index contributed by atoms with van der Waals surface area (Å²) in [6.07, 6.45) is 0.158. The second kappa shape index (κ2) is 6.72. The Morgan fingerprint density at radius 2 is 1.81 bits per heavy atom. The Bertz CT molecular complexity index is 534. The van der Waals surface area contributed by atoms with Crippen LogP contribution in [0.4, 0.5) is 0 Å². The van der Waals surface area contributed by atoms with Crippen LogP contribution in [-0.2, 0) is 4.79 Å². The minimum absolute atomic E-state index is 0.0744. The van der Waals surface area contributed by atoms with E-state index in [4.69, 9.17) is 5.11 Å². The summed E-state index contributed by atoms with van der Waals surface area (Å²) in [5, 5.41) is 8.69. The zero-order chi connectivity index (χ0) is 15.4. The van der Waals surface area contributed by atoms with Crippen LogP contribution >= 0.6 is 0 Å². The fourth-order valence-electron chi connectivity index (χ4n) is 2.65. The van der Waals surface area contributed by atoms with Crippen LogP contribution in [0.2, 0.25) is 0 Å². The zero-order valence-electron chi connectivity index (χ0n) is 12.6. The molecule has 1 aromatic carbocycles. The molecule has 114 valence electrons. The molecule has 1 aliphatic rings. The maximum atomic E-state index is 12.5. The highest BCUT2D eigenvalue weighted by Crippen LogP contribution is 2.14. The Kier molecular flexibility index (Phi) is 4.96. The Balaban J connectivity index is 1.92. The SMILES string of the molecule is Cc1ccc(C(=O)N2CCN(CCC(=O)O)CC2)c(C)c1. The molecular formula is C16H22N2O3. The van der Waals surface area contributed by atoms with Crippen molar-refractivity contribution in [2.45, 2.75) is 20.3 Å². The van der Waals surface area contributed by atoms with Crippen LogP contribution in [0.15, 0.2) is 18.2 Å². The predicted molar refractivity (Wildman–Crippen MR) is 80.5 cm³/mol. The summed E-state index contributed by atoms with van der Waals surface area (Å²) < 4.78 is 0. The lowest BCUT2D eigenvalue weighted by Crippen LogP contribution is -2.49. The van der Waals surface area contributed by atoms with Gasteiger partial charge < -0.3 is 10.0 Å². The first-order chi connectivity index (χ1) is 9.97. The second-order valence-corrected chi connectivity index (χ2v) is 5.60. The number of benzene rings is 1. The molecule has 0 saturated carbocycles. The van der Waals surface area contributed by atoms with Crippen LogP contribution < -0.4 is 0 Å². The van der Waals surface area contributed by atoms with Gasteiger partial charge >= 0.3 is 5.97 Å². The fraction of sp³-hybridized carbons (Fsp3) is 0.500. The van der Waals surface area contributed by atoms with E-state index in [-0.39, 0.29) is 12.3 Å². The van der Waals surface area contributed by atoms with Crippen molar-refractivity contribution in [2.75, 3.05) is 32.7 Å². The van der Waals surface area contributed by atoms with Gasteiger partial charge in [-0.05, 0) is 25.5 Å². The fourth-order valence-corrected chi connectivity index (χ4v) is 2.65. The lowest BCUT2D eigenvalue weighted by molar-refractivity contribution is -0.137. The Morgan fingerprint density at radius 1 is 1.14 bits per heavy atom. The van der Waals surface area contributed by atoms with Crippen LogP contribution in [0, 0.1) is 13.8 Å².